The molecule has 0 spiro atoms. The van der Waals surface area contributed by atoms with Crippen LogP contribution in [0.3, 0.4) is 0 Å². The lowest BCUT2D eigenvalue weighted by molar-refractivity contribution is 0.385. The highest BCUT2D eigenvalue weighted by atomic mass is 35.5. The number of aromatic nitrogens is 3. The van der Waals surface area contributed by atoms with Gasteiger partial charge in [-0.25, -0.2) is 27.8 Å². The van der Waals surface area contributed by atoms with Crippen LogP contribution >= 0.6 is 11.6 Å². The minimum atomic E-state index is -3.61. The Morgan fingerprint density at radius 2 is 2.08 bits per heavy atom. The van der Waals surface area contributed by atoms with Crippen LogP contribution in [0.1, 0.15) is 26.2 Å². The minimum Gasteiger partial charge on any atom is -0.434 e. The van der Waals surface area contributed by atoms with E-state index < -0.39 is 15.8 Å². The van der Waals surface area contributed by atoms with E-state index in [1.54, 1.807) is 31.3 Å². The maximum Gasteiger partial charge on any atom is 0.232 e. The van der Waals surface area contributed by atoms with Crippen molar-refractivity contribution >= 4 is 33.3 Å². The molecule has 0 aliphatic carbocycles. The number of rotatable bonds is 9. The number of nitrogens with one attached hydrogen (secondary N) is 3. The SMILES string of the molecule is CCCS(=O)(=O)Nc1cc(F)c(Oc2ncccc2-c2ccnc(N[C@@H]3CC[C@@H](N)NC3)n2)c(Cl)c1. The number of ether oxygens (including phenoxy) is 1. The first-order valence-electron chi connectivity index (χ1n) is 11.5. The van der Waals surface area contributed by atoms with Gasteiger partial charge in [-0.05, 0) is 43.5 Å². The predicted molar refractivity (Wildman–Crippen MR) is 137 cm³/mol. The number of hydrogen-bond acceptors (Lipinski definition) is 9. The quantitative estimate of drug-likeness (QED) is 0.322. The Hall–Kier alpha value is -3.06. The molecule has 3 heterocycles. The van der Waals surface area contributed by atoms with Crippen LogP contribution in [-0.4, -0.2) is 47.9 Å². The number of pyridine rings is 1. The summed E-state index contributed by atoms with van der Waals surface area (Å²) in [6, 6.07) is 7.54. The molecule has 0 radical (unpaired) electrons. The number of anilines is 2. The molecule has 2 atom stereocenters. The second kappa shape index (κ2) is 11.3. The van der Waals surface area contributed by atoms with Crippen LogP contribution in [0.4, 0.5) is 16.0 Å². The van der Waals surface area contributed by atoms with Gasteiger partial charge in [0.15, 0.2) is 11.6 Å². The van der Waals surface area contributed by atoms with E-state index >= 15 is 0 Å². The van der Waals surface area contributed by atoms with E-state index in [9.17, 15) is 12.8 Å². The highest BCUT2D eigenvalue weighted by Gasteiger charge is 2.20. The van der Waals surface area contributed by atoms with Gasteiger partial charge in [0.25, 0.3) is 0 Å². The number of benzene rings is 1. The topological polar surface area (TPSA) is 144 Å². The molecule has 2 aromatic heterocycles. The van der Waals surface area contributed by atoms with Gasteiger partial charge in [0, 0.05) is 31.0 Å². The zero-order valence-corrected chi connectivity index (χ0v) is 21.1. The fraction of sp³-hybridized carbons (Fsp3) is 0.348. The van der Waals surface area contributed by atoms with Crippen molar-refractivity contribution in [3.05, 3.63) is 53.6 Å². The summed E-state index contributed by atoms with van der Waals surface area (Å²) in [7, 11) is -3.61. The first-order valence-corrected chi connectivity index (χ1v) is 13.5. The molecule has 36 heavy (non-hydrogen) atoms. The van der Waals surface area contributed by atoms with Crippen molar-refractivity contribution in [2.75, 3.05) is 22.3 Å². The van der Waals surface area contributed by atoms with Gasteiger partial charge < -0.3 is 21.1 Å². The van der Waals surface area contributed by atoms with Gasteiger partial charge in [-0.15, -0.1) is 0 Å². The van der Waals surface area contributed by atoms with E-state index in [2.05, 4.69) is 30.3 Å². The van der Waals surface area contributed by atoms with Crippen molar-refractivity contribution in [2.45, 2.75) is 38.4 Å². The van der Waals surface area contributed by atoms with Crippen molar-refractivity contribution in [1.29, 1.82) is 0 Å². The van der Waals surface area contributed by atoms with Crippen LogP contribution in [0.2, 0.25) is 5.02 Å². The van der Waals surface area contributed by atoms with Crippen molar-refractivity contribution in [3.63, 3.8) is 0 Å². The molecule has 0 bridgehead atoms. The summed E-state index contributed by atoms with van der Waals surface area (Å²) in [5.41, 5.74) is 6.89. The average Bonchev–Trinajstić information content (AvgIpc) is 2.83. The van der Waals surface area contributed by atoms with E-state index in [1.807, 2.05) is 0 Å². The Morgan fingerprint density at radius 3 is 2.81 bits per heavy atom. The van der Waals surface area contributed by atoms with Gasteiger partial charge in [-0.2, -0.15) is 0 Å². The smallest absolute Gasteiger partial charge is 0.232 e. The summed E-state index contributed by atoms with van der Waals surface area (Å²) in [4.78, 5) is 13.1. The lowest BCUT2D eigenvalue weighted by atomic mass is 10.1. The lowest BCUT2D eigenvalue weighted by Gasteiger charge is -2.28. The van der Waals surface area contributed by atoms with Crippen LogP contribution in [0.5, 0.6) is 11.6 Å². The molecule has 1 fully saturated rings. The Morgan fingerprint density at radius 1 is 1.25 bits per heavy atom. The van der Waals surface area contributed by atoms with Gasteiger partial charge in [-0.1, -0.05) is 18.5 Å². The third kappa shape index (κ3) is 6.58. The molecule has 10 nitrogen and oxygen atoms in total. The van der Waals surface area contributed by atoms with Crippen molar-refractivity contribution in [2.24, 2.45) is 5.73 Å². The summed E-state index contributed by atoms with van der Waals surface area (Å²) in [6.07, 6.45) is 5.22. The van der Waals surface area contributed by atoms with Crippen molar-refractivity contribution in [1.82, 2.24) is 20.3 Å². The van der Waals surface area contributed by atoms with Crippen LogP contribution < -0.4 is 25.8 Å². The van der Waals surface area contributed by atoms with Crippen molar-refractivity contribution in [3.8, 4) is 22.9 Å². The van der Waals surface area contributed by atoms with E-state index in [-0.39, 0.29) is 40.3 Å². The number of nitrogens with zero attached hydrogens (tertiary/aromatic N) is 3. The highest BCUT2D eigenvalue weighted by molar-refractivity contribution is 7.92. The molecule has 192 valence electrons. The molecule has 4 rings (SSSR count). The van der Waals surface area contributed by atoms with Gasteiger partial charge >= 0.3 is 0 Å². The summed E-state index contributed by atoms with van der Waals surface area (Å²) in [5.74, 6) is -0.721. The number of nitrogens with two attached hydrogens (primary N) is 1. The number of hydrogen-bond donors (Lipinski definition) is 4. The van der Waals surface area contributed by atoms with E-state index in [1.165, 1.54) is 12.3 Å². The predicted octanol–water partition coefficient (Wildman–Crippen LogP) is 3.72. The number of halogens is 2. The fourth-order valence-electron chi connectivity index (χ4n) is 3.74. The molecule has 13 heteroatoms. The van der Waals surface area contributed by atoms with Gasteiger partial charge in [0.05, 0.1) is 33.9 Å². The first-order chi connectivity index (χ1) is 17.2. The van der Waals surface area contributed by atoms with Crippen molar-refractivity contribution < 1.29 is 17.5 Å². The zero-order chi connectivity index (χ0) is 25.7. The highest BCUT2D eigenvalue weighted by Crippen LogP contribution is 2.37. The van der Waals surface area contributed by atoms with Crippen LogP contribution in [0, 0.1) is 5.82 Å². The lowest BCUT2D eigenvalue weighted by Crippen LogP contribution is -2.49. The number of sulfonamides is 1. The van der Waals surface area contributed by atoms with Gasteiger partial charge in [-0.3, -0.25) is 4.72 Å². The third-order valence-electron chi connectivity index (χ3n) is 5.43. The Bertz CT molecular complexity index is 1300. The van der Waals surface area contributed by atoms with Gasteiger partial charge in [0.2, 0.25) is 21.9 Å². The Balaban J connectivity index is 1.56. The normalized spacial score (nSPS) is 18.0. The monoisotopic (exact) mass is 535 g/mol. The molecule has 0 amide bonds. The molecule has 1 aliphatic rings. The third-order valence-corrected chi connectivity index (χ3v) is 7.20. The molecule has 1 aromatic carbocycles. The summed E-state index contributed by atoms with van der Waals surface area (Å²) >= 11 is 6.25. The molecule has 1 aliphatic heterocycles. The average molecular weight is 536 g/mol. The second-order valence-corrected chi connectivity index (χ2v) is 10.6. The Kier molecular flexibility index (Phi) is 8.19. The molecular formula is C23H27ClFN7O3S. The maximum absolute atomic E-state index is 14.9. The van der Waals surface area contributed by atoms with E-state index in [0.717, 1.165) is 18.9 Å². The number of piperidine rings is 1. The molecule has 0 saturated carbocycles. The van der Waals surface area contributed by atoms with Gasteiger partial charge in [0.1, 0.15) is 0 Å². The molecule has 3 aromatic rings. The summed E-state index contributed by atoms with van der Waals surface area (Å²) < 4.78 is 47.0. The summed E-state index contributed by atoms with van der Waals surface area (Å²) in [5, 5.41) is 6.39. The molecular weight excluding hydrogens is 509 g/mol. The minimum absolute atomic E-state index is 0.00391. The standard InChI is InChI=1S/C23H27ClFN7O3S/c1-2-10-36(33,34)32-15-11-17(24)21(18(25)12-15)35-22-16(4-3-8-27-22)19-7-9-28-23(31-19)30-14-5-6-20(26)29-13-14/h3-4,7-9,11-12,14,20,29,32H,2,5-6,10,13,26H2,1H3,(H,28,30,31)/t14-,20+/m1/s1. The largest absolute Gasteiger partial charge is 0.434 e. The summed E-state index contributed by atoms with van der Waals surface area (Å²) in [6.45, 7) is 2.42. The fourth-order valence-corrected chi connectivity index (χ4v) is 5.10. The first kappa shape index (κ1) is 26.0. The maximum atomic E-state index is 14.9. The molecule has 5 N–H and O–H groups in total. The van der Waals surface area contributed by atoms with Crippen LogP contribution in [0.15, 0.2) is 42.7 Å². The Labute approximate surface area is 213 Å². The van der Waals surface area contributed by atoms with Crippen LogP contribution in [0.25, 0.3) is 11.3 Å². The van der Waals surface area contributed by atoms with E-state index in [0.29, 0.717) is 30.2 Å². The van der Waals surface area contributed by atoms with Crippen LogP contribution in [-0.2, 0) is 10.0 Å². The van der Waals surface area contributed by atoms with E-state index in [4.69, 9.17) is 22.1 Å². The zero-order valence-electron chi connectivity index (χ0n) is 19.5. The molecule has 0 unspecified atom stereocenters. The second-order valence-electron chi connectivity index (χ2n) is 8.35. The molecule has 1 saturated heterocycles.